The van der Waals surface area contributed by atoms with Gasteiger partial charge in [-0.25, -0.2) is 9.78 Å². The largest absolute Gasteiger partial charge is 0.379 e. The minimum absolute atomic E-state index is 0.239. The van der Waals surface area contributed by atoms with Crippen molar-refractivity contribution in [3.63, 3.8) is 0 Å². The topological polar surface area (TPSA) is 248 Å². The highest BCUT2D eigenvalue weighted by Crippen LogP contribution is 2.10. The first-order chi connectivity index (χ1) is 40.1. The lowest BCUT2D eigenvalue weighted by atomic mass is 10.1. The van der Waals surface area contributed by atoms with Gasteiger partial charge >= 0.3 is 0 Å². The smallest absolute Gasteiger partial charge is 0.264 e. The molecule has 488 valence electrons. The molecule has 1 N–H and O–H groups in total. The Kier molecular flexibility index (Phi) is 72.5. The molecule has 0 radical (unpaired) electrons. The Balaban J connectivity index is 3.09. The van der Waals surface area contributed by atoms with Crippen LogP contribution in [-0.4, -0.2) is 283 Å². The maximum absolute atomic E-state index is 10.6. The Hall–Kier alpha value is -0.930. The first-order valence-electron chi connectivity index (χ1n) is 30.2. The summed E-state index contributed by atoms with van der Waals surface area (Å²) >= 11 is 0. The first-order valence-corrected chi connectivity index (χ1v) is 31.8. The van der Waals surface area contributed by atoms with Gasteiger partial charge in [0.25, 0.3) is 10.1 Å². The van der Waals surface area contributed by atoms with E-state index >= 15 is 0 Å². The molecule has 0 aromatic rings. The zero-order chi connectivity index (χ0) is 58.2. The van der Waals surface area contributed by atoms with Gasteiger partial charge in [0.15, 0.2) is 0 Å². The van der Waals surface area contributed by atoms with E-state index in [9.17, 15) is 8.42 Å². The van der Waals surface area contributed by atoms with Crippen molar-refractivity contribution in [2.75, 3.05) is 270 Å². The third-order valence-corrected chi connectivity index (χ3v) is 11.9. The molecule has 0 aromatic carbocycles. The molecule has 0 rings (SSSR count). The van der Waals surface area contributed by atoms with Crippen molar-refractivity contribution in [1.29, 1.82) is 0 Å². The van der Waals surface area contributed by atoms with Crippen LogP contribution in [0.3, 0.4) is 0 Å². The minimum atomic E-state index is -3.93. The van der Waals surface area contributed by atoms with Crippen LogP contribution in [0.1, 0.15) is 96.8 Å². The van der Waals surface area contributed by atoms with Gasteiger partial charge in [0.05, 0.1) is 244 Å². The molecule has 0 bridgehead atoms. The summed E-state index contributed by atoms with van der Waals surface area (Å²) in [6.07, 6.45) is 15.9. The van der Waals surface area contributed by atoms with E-state index in [2.05, 4.69) is 6.92 Å². The lowest BCUT2D eigenvalue weighted by Crippen LogP contribution is -2.15. The van der Waals surface area contributed by atoms with E-state index in [-0.39, 0.29) is 19.0 Å². The van der Waals surface area contributed by atoms with Gasteiger partial charge in [0.2, 0.25) is 0 Å². The fourth-order valence-corrected chi connectivity index (χ4v) is 7.27. The molecular formula is C56H114O24S. The third kappa shape index (κ3) is 79.1. The van der Waals surface area contributed by atoms with E-state index in [0.29, 0.717) is 257 Å². The number of hydrogen-bond acceptors (Lipinski definition) is 23. The van der Waals surface area contributed by atoms with E-state index in [4.69, 9.17) is 104 Å². The van der Waals surface area contributed by atoms with Crippen LogP contribution >= 0.6 is 0 Å². The van der Waals surface area contributed by atoms with Gasteiger partial charge in [0.1, 0.15) is 6.61 Å². The summed E-state index contributed by atoms with van der Waals surface area (Å²) in [6.45, 7) is 22.4. The molecule has 0 saturated heterocycles. The van der Waals surface area contributed by atoms with Gasteiger partial charge in [-0.1, -0.05) is 64.7 Å². The Morgan fingerprint density at radius 3 is 0.580 bits per heavy atom. The van der Waals surface area contributed by atoms with Crippen LogP contribution in [0.15, 0.2) is 0 Å². The number of unbranched alkanes of at least 4 members (excludes halogenated alkanes) is 11. The van der Waals surface area contributed by atoms with Crippen molar-refractivity contribution in [3.8, 4) is 0 Å². The van der Waals surface area contributed by atoms with Crippen molar-refractivity contribution in [3.05, 3.63) is 0 Å². The number of rotatable bonds is 76. The summed E-state index contributed by atoms with van der Waals surface area (Å²) in [5.41, 5.74) is 0. The van der Waals surface area contributed by atoms with Crippen LogP contribution < -0.4 is 0 Å². The average Bonchev–Trinajstić information content (AvgIpc) is 3.45. The molecular weight excluding hydrogens is 1090 g/mol. The van der Waals surface area contributed by atoms with Gasteiger partial charge in [0, 0.05) is 19.8 Å². The molecule has 25 heteroatoms. The fraction of sp³-hybridized carbons (Fsp3) is 1.00. The SMILES string of the molecule is CCCCCCCCCCCCOCCOCCOCCOCCOCCOCCOCCOCCOCCOCCCCOCCOCCOCCOCCOCCOCCOCCOCCOCCOOCCCCS(=O)(=O)O. The Morgan fingerprint density at radius 2 is 0.358 bits per heavy atom. The van der Waals surface area contributed by atoms with Crippen LogP contribution in [0.5, 0.6) is 0 Å². The summed E-state index contributed by atoms with van der Waals surface area (Å²) < 4.78 is 135. The van der Waals surface area contributed by atoms with Crippen LogP contribution in [0.4, 0.5) is 0 Å². The van der Waals surface area contributed by atoms with E-state index < -0.39 is 10.1 Å². The molecule has 0 unspecified atom stereocenters. The van der Waals surface area contributed by atoms with E-state index in [1.807, 2.05) is 0 Å². The predicted octanol–water partition coefficient (Wildman–Crippen LogP) is 5.62. The highest BCUT2D eigenvalue weighted by Gasteiger charge is 2.04. The van der Waals surface area contributed by atoms with Crippen molar-refractivity contribution < 1.29 is 113 Å². The van der Waals surface area contributed by atoms with Gasteiger partial charge < -0.3 is 90.0 Å². The molecule has 24 nitrogen and oxygen atoms in total. The van der Waals surface area contributed by atoms with E-state index in [1.165, 1.54) is 57.8 Å². The standard InChI is InChI=1S/C56H114O24S/c1-2-3-4-5-6-7-8-9-10-11-16-60-20-23-63-26-29-66-32-35-69-38-41-72-44-45-73-42-39-70-36-33-67-30-27-64-24-21-61-17-12-13-18-62-22-25-65-28-31-68-34-37-71-40-43-74-46-47-75-48-49-76-50-51-77-52-53-78-54-55-80-79-19-14-15-56-81(57,58)59/h2-56H2,1H3,(H,57,58,59). The van der Waals surface area contributed by atoms with Crippen molar-refractivity contribution in [2.24, 2.45) is 0 Å². The van der Waals surface area contributed by atoms with Gasteiger partial charge in [-0.2, -0.15) is 8.42 Å². The highest BCUT2D eigenvalue weighted by molar-refractivity contribution is 7.85. The quantitative estimate of drug-likeness (QED) is 0.0336. The predicted molar refractivity (Wildman–Crippen MR) is 304 cm³/mol. The van der Waals surface area contributed by atoms with Crippen molar-refractivity contribution in [1.82, 2.24) is 0 Å². The molecule has 0 saturated carbocycles. The summed E-state index contributed by atoms with van der Waals surface area (Å²) in [6, 6.07) is 0. The normalized spacial score (nSPS) is 12.0. The van der Waals surface area contributed by atoms with Gasteiger partial charge in [-0.3, -0.25) is 4.55 Å². The first kappa shape index (κ1) is 80.1. The fourth-order valence-electron chi connectivity index (χ4n) is 6.70. The molecule has 0 amide bonds. The number of ether oxygens (including phenoxy) is 19. The average molecular weight is 1200 g/mol. The summed E-state index contributed by atoms with van der Waals surface area (Å²) in [5, 5.41) is 0. The number of hydrogen-bond donors (Lipinski definition) is 1. The van der Waals surface area contributed by atoms with Crippen LogP contribution in [0.25, 0.3) is 0 Å². The maximum atomic E-state index is 10.6. The molecule has 0 spiro atoms. The molecule has 0 aromatic heterocycles. The van der Waals surface area contributed by atoms with Crippen molar-refractivity contribution >= 4 is 10.1 Å². The minimum Gasteiger partial charge on any atom is -0.379 e. The van der Waals surface area contributed by atoms with Gasteiger partial charge in [-0.15, -0.1) is 0 Å². The van der Waals surface area contributed by atoms with E-state index in [0.717, 1.165) is 25.9 Å². The molecule has 0 heterocycles. The lowest BCUT2D eigenvalue weighted by molar-refractivity contribution is -0.299. The summed E-state index contributed by atoms with van der Waals surface area (Å²) in [7, 11) is -3.93. The monoisotopic (exact) mass is 1200 g/mol. The zero-order valence-electron chi connectivity index (χ0n) is 50.1. The Labute approximate surface area is 488 Å². The van der Waals surface area contributed by atoms with Gasteiger partial charge in [-0.05, 0) is 32.1 Å². The molecule has 0 fully saturated rings. The Morgan fingerprint density at radius 1 is 0.198 bits per heavy atom. The van der Waals surface area contributed by atoms with Crippen LogP contribution in [0.2, 0.25) is 0 Å². The molecule has 81 heavy (non-hydrogen) atoms. The maximum Gasteiger partial charge on any atom is 0.264 e. The van der Waals surface area contributed by atoms with Crippen LogP contribution in [-0.2, 0) is 110 Å². The molecule has 0 aliphatic heterocycles. The molecule has 0 atom stereocenters. The van der Waals surface area contributed by atoms with Crippen molar-refractivity contribution in [2.45, 2.75) is 96.8 Å². The summed E-state index contributed by atoms with van der Waals surface area (Å²) in [5.74, 6) is -0.289. The molecule has 0 aliphatic carbocycles. The van der Waals surface area contributed by atoms with Crippen LogP contribution in [0, 0.1) is 0 Å². The second-order valence-electron chi connectivity index (χ2n) is 18.2. The van der Waals surface area contributed by atoms with E-state index in [1.54, 1.807) is 0 Å². The Bertz CT molecular complexity index is 1240. The second-order valence-corrected chi connectivity index (χ2v) is 19.7. The zero-order valence-corrected chi connectivity index (χ0v) is 51.0. The summed E-state index contributed by atoms with van der Waals surface area (Å²) in [4.78, 5) is 9.82. The lowest BCUT2D eigenvalue weighted by Gasteiger charge is -2.09. The second kappa shape index (κ2) is 73.3. The third-order valence-electron chi connectivity index (χ3n) is 11.1. The highest BCUT2D eigenvalue weighted by atomic mass is 32.2. The molecule has 0 aliphatic rings.